The summed E-state index contributed by atoms with van der Waals surface area (Å²) in [5.74, 6) is 0.609. The van der Waals surface area contributed by atoms with Gasteiger partial charge in [0.15, 0.2) is 0 Å². The molecule has 0 unspecified atom stereocenters. The van der Waals surface area contributed by atoms with Crippen molar-refractivity contribution in [2.45, 2.75) is 20.3 Å². The van der Waals surface area contributed by atoms with Gasteiger partial charge in [-0.25, -0.2) is 4.98 Å². The number of hydrogen-bond acceptors (Lipinski definition) is 3. The molecule has 1 heterocycles. The zero-order valence-corrected chi connectivity index (χ0v) is 6.87. The summed E-state index contributed by atoms with van der Waals surface area (Å²) in [6.45, 7) is 4.66. The van der Waals surface area contributed by atoms with E-state index in [2.05, 4.69) is 16.9 Å². The molecular weight excluding hydrogens is 140 g/mol. The van der Waals surface area contributed by atoms with E-state index in [0.717, 1.165) is 12.1 Å². The molecule has 0 atom stereocenters. The van der Waals surface area contributed by atoms with Gasteiger partial charge in [-0.3, -0.25) is 4.98 Å². The predicted molar refractivity (Wildman–Crippen MR) is 42.6 cm³/mol. The fraction of sp³-hybridized carbons (Fsp3) is 0.500. The summed E-state index contributed by atoms with van der Waals surface area (Å²) < 4.78 is 5.24. The van der Waals surface area contributed by atoms with Gasteiger partial charge in [0.2, 0.25) is 5.88 Å². The van der Waals surface area contributed by atoms with Crippen LogP contribution in [0, 0.1) is 6.92 Å². The molecule has 11 heavy (non-hydrogen) atoms. The summed E-state index contributed by atoms with van der Waals surface area (Å²) >= 11 is 0. The van der Waals surface area contributed by atoms with E-state index in [1.165, 1.54) is 0 Å². The van der Waals surface area contributed by atoms with Crippen LogP contribution in [0.25, 0.3) is 0 Å². The normalized spacial score (nSPS) is 9.64. The molecule has 0 spiro atoms. The van der Waals surface area contributed by atoms with Crippen LogP contribution in [0.2, 0.25) is 0 Å². The van der Waals surface area contributed by atoms with Crippen LogP contribution in [0.4, 0.5) is 0 Å². The fourth-order valence-electron chi connectivity index (χ4n) is 0.662. The standard InChI is InChI=1S/C8H12N2O/c1-3-4-11-8-6-9-7(2)5-10-8/h5-6H,3-4H2,1-2H3. The van der Waals surface area contributed by atoms with E-state index in [-0.39, 0.29) is 0 Å². The number of aryl methyl sites for hydroxylation is 1. The molecule has 0 saturated heterocycles. The zero-order chi connectivity index (χ0) is 8.10. The van der Waals surface area contributed by atoms with Gasteiger partial charge in [0.1, 0.15) is 0 Å². The maximum absolute atomic E-state index is 5.24. The fourth-order valence-corrected chi connectivity index (χ4v) is 0.662. The van der Waals surface area contributed by atoms with Crippen LogP contribution >= 0.6 is 0 Å². The molecule has 0 aliphatic rings. The summed E-state index contributed by atoms with van der Waals surface area (Å²) in [5.41, 5.74) is 0.911. The largest absolute Gasteiger partial charge is 0.477 e. The predicted octanol–water partition coefficient (Wildman–Crippen LogP) is 1.57. The molecule has 3 heteroatoms. The molecule has 0 aromatic carbocycles. The molecular formula is C8H12N2O. The Hall–Kier alpha value is -1.12. The molecule has 1 aromatic rings. The van der Waals surface area contributed by atoms with Crippen molar-refractivity contribution in [3.63, 3.8) is 0 Å². The first-order chi connectivity index (χ1) is 5.33. The van der Waals surface area contributed by atoms with Gasteiger partial charge >= 0.3 is 0 Å². The van der Waals surface area contributed by atoms with Crippen LogP contribution in [0.5, 0.6) is 5.88 Å². The highest BCUT2D eigenvalue weighted by Crippen LogP contribution is 2.02. The van der Waals surface area contributed by atoms with Gasteiger partial charge < -0.3 is 4.74 Å². The van der Waals surface area contributed by atoms with Crippen LogP contribution in [0.15, 0.2) is 12.4 Å². The summed E-state index contributed by atoms with van der Waals surface area (Å²) in [6.07, 6.45) is 4.34. The zero-order valence-electron chi connectivity index (χ0n) is 6.87. The number of hydrogen-bond donors (Lipinski definition) is 0. The van der Waals surface area contributed by atoms with E-state index < -0.39 is 0 Å². The molecule has 0 aliphatic carbocycles. The second kappa shape index (κ2) is 3.91. The first-order valence-electron chi connectivity index (χ1n) is 3.74. The number of rotatable bonds is 3. The number of aromatic nitrogens is 2. The molecule has 0 aliphatic heterocycles. The van der Waals surface area contributed by atoms with Crippen LogP contribution in [0.1, 0.15) is 19.0 Å². The molecule has 0 saturated carbocycles. The first-order valence-corrected chi connectivity index (χ1v) is 3.74. The van der Waals surface area contributed by atoms with E-state index in [4.69, 9.17) is 4.74 Å². The Kier molecular flexibility index (Phi) is 2.83. The third-order valence-electron chi connectivity index (χ3n) is 1.21. The third-order valence-corrected chi connectivity index (χ3v) is 1.21. The van der Waals surface area contributed by atoms with Crippen molar-refractivity contribution in [3.8, 4) is 5.88 Å². The van der Waals surface area contributed by atoms with Crippen molar-refractivity contribution in [1.82, 2.24) is 9.97 Å². The maximum Gasteiger partial charge on any atom is 0.232 e. The Bertz CT molecular complexity index is 208. The van der Waals surface area contributed by atoms with Gasteiger partial charge in [-0.1, -0.05) is 6.92 Å². The lowest BCUT2D eigenvalue weighted by Crippen LogP contribution is -1.97. The van der Waals surface area contributed by atoms with Crippen LogP contribution in [0.3, 0.4) is 0 Å². The number of ether oxygens (including phenoxy) is 1. The van der Waals surface area contributed by atoms with E-state index >= 15 is 0 Å². The first kappa shape index (κ1) is 7.98. The highest BCUT2D eigenvalue weighted by molar-refractivity contribution is 5.05. The van der Waals surface area contributed by atoms with Crippen molar-refractivity contribution >= 4 is 0 Å². The van der Waals surface area contributed by atoms with Gasteiger partial charge in [0.05, 0.1) is 24.7 Å². The smallest absolute Gasteiger partial charge is 0.232 e. The molecule has 60 valence electrons. The molecule has 0 N–H and O–H groups in total. The lowest BCUT2D eigenvalue weighted by atomic mass is 10.5. The SMILES string of the molecule is CCCOc1cnc(C)cn1. The molecule has 0 amide bonds. The lowest BCUT2D eigenvalue weighted by Gasteiger charge is -2.01. The van der Waals surface area contributed by atoms with Gasteiger partial charge in [-0.05, 0) is 13.3 Å². The third kappa shape index (κ3) is 2.53. The van der Waals surface area contributed by atoms with Gasteiger partial charge in [0.25, 0.3) is 0 Å². The highest BCUT2D eigenvalue weighted by atomic mass is 16.5. The van der Waals surface area contributed by atoms with Crippen LogP contribution in [-0.4, -0.2) is 16.6 Å². The van der Waals surface area contributed by atoms with Crippen molar-refractivity contribution in [3.05, 3.63) is 18.1 Å². The molecule has 1 rings (SSSR count). The van der Waals surface area contributed by atoms with E-state index in [1.807, 2.05) is 6.92 Å². The second-order valence-electron chi connectivity index (χ2n) is 2.34. The van der Waals surface area contributed by atoms with E-state index in [9.17, 15) is 0 Å². The number of nitrogens with zero attached hydrogens (tertiary/aromatic N) is 2. The lowest BCUT2D eigenvalue weighted by molar-refractivity contribution is 0.303. The van der Waals surface area contributed by atoms with Crippen LogP contribution in [-0.2, 0) is 0 Å². The average Bonchev–Trinajstić information content (AvgIpc) is 2.04. The van der Waals surface area contributed by atoms with Crippen LogP contribution < -0.4 is 4.74 Å². The van der Waals surface area contributed by atoms with Gasteiger partial charge in [-0.2, -0.15) is 0 Å². The summed E-state index contributed by atoms with van der Waals surface area (Å²) in [6, 6.07) is 0. The molecule has 0 bridgehead atoms. The quantitative estimate of drug-likeness (QED) is 0.659. The Morgan fingerprint density at radius 2 is 2.18 bits per heavy atom. The van der Waals surface area contributed by atoms with Crippen molar-refractivity contribution in [2.75, 3.05) is 6.61 Å². The monoisotopic (exact) mass is 152 g/mol. The molecule has 0 radical (unpaired) electrons. The topological polar surface area (TPSA) is 35.0 Å². The Morgan fingerprint density at radius 1 is 1.36 bits per heavy atom. The summed E-state index contributed by atoms with van der Waals surface area (Å²) in [7, 11) is 0. The minimum absolute atomic E-state index is 0.609. The van der Waals surface area contributed by atoms with Crippen molar-refractivity contribution in [1.29, 1.82) is 0 Å². The maximum atomic E-state index is 5.24. The highest BCUT2D eigenvalue weighted by Gasteiger charge is 1.92. The molecule has 0 fully saturated rings. The summed E-state index contributed by atoms with van der Waals surface area (Å²) in [4.78, 5) is 8.08. The second-order valence-corrected chi connectivity index (χ2v) is 2.34. The van der Waals surface area contributed by atoms with Gasteiger partial charge in [-0.15, -0.1) is 0 Å². The Morgan fingerprint density at radius 3 is 2.73 bits per heavy atom. The van der Waals surface area contributed by atoms with E-state index in [0.29, 0.717) is 12.5 Å². The van der Waals surface area contributed by atoms with Crippen molar-refractivity contribution in [2.24, 2.45) is 0 Å². The summed E-state index contributed by atoms with van der Waals surface area (Å²) in [5, 5.41) is 0. The van der Waals surface area contributed by atoms with Gasteiger partial charge in [0, 0.05) is 0 Å². The minimum Gasteiger partial charge on any atom is -0.477 e. The Balaban J connectivity index is 2.52. The Labute approximate surface area is 66.4 Å². The molecule has 3 nitrogen and oxygen atoms in total. The van der Waals surface area contributed by atoms with E-state index in [1.54, 1.807) is 12.4 Å². The molecule has 1 aromatic heterocycles. The van der Waals surface area contributed by atoms with Crippen molar-refractivity contribution < 1.29 is 4.74 Å². The average molecular weight is 152 g/mol. The minimum atomic E-state index is 0.609.